The highest BCUT2D eigenvalue weighted by atomic mass is 35.5. The minimum atomic E-state index is 0.607. The summed E-state index contributed by atoms with van der Waals surface area (Å²) < 4.78 is 5.14. The van der Waals surface area contributed by atoms with Gasteiger partial charge in [-0.2, -0.15) is 0 Å². The van der Waals surface area contributed by atoms with Crippen LogP contribution in [-0.2, 0) is 6.42 Å². The van der Waals surface area contributed by atoms with Crippen LogP contribution in [0.15, 0.2) is 17.1 Å². The van der Waals surface area contributed by atoms with Crippen molar-refractivity contribution in [3.8, 4) is 5.75 Å². The molecule has 0 radical (unpaired) electrons. The fourth-order valence-corrected chi connectivity index (χ4v) is 1.65. The Morgan fingerprint density at radius 2 is 2.31 bits per heavy atom. The second-order valence-electron chi connectivity index (χ2n) is 2.90. The summed E-state index contributed by atoms with van der Waals surface area (Å²) >= 11 is 5.88. The van der Waals surface area contributed by atoms with Gasteiger partial charge in [0.1, 0.15) is 17.3 Å². The van der Waals surface area contributed by atoms with E-state index in [-0.39, 0.29) is 0 Å². The Labute approximate surface area is 81.2 Å². The predicted molar refractivity (Wildman–Crippen MR) is 53.0 cm³/mol. The Balaban J connectivity index is 2.58. The molecular weight excluding hydrogens is 188 g/mol. The number of nitrogens with two attached hydrogens (primary N) is 1. The van der Waals surface area contributed by atoms with Crippen LogP contribution in [0, 0.1) is 0 Å². The Morgan fingerprint density at radius 3 is 3.00 bits per heavy atom. The van der Waals surface area contributed by atoms with Crippen LogP contribution in [-0.4, -0.2) is 12.9 Å². The second-order valence-corrected chi connectivity index (χ2v) is 3.33. The molecule has 1 aliphatic rings. The lowest BCUT2D eigenvalue weighted by Crippen LogP contribution is -2.09. The molecule has 0 amide bonds. The molecule has 0 saturated heterocycles. The molecule has 1 aromatic carbocycles. The largest absolute Gasteiger partial charge is 0.494 e. The highest BCUT2D eigenvalue weighted by molar-refractivity contribution is 6.31. The zero-order valence-electron chi connectivity index (χ0n) is 7.17. The van der Waals surface area contributed by atoms with Gasteiger partial charge in [-0.1, -0.05) is 11.6 Å². The molecule has 0 bridgehead atoms. The number of hydrogen-bond acceptors (Lipinski definition) is 3. The Morgan fingerprint density at radius 1 is 1.54 bits per heavy atom. The normalized spacial score (nSPS) is 13.8. The summed E-state index contributed by atoms with van der Waals surface area (Å²) in [6.07, 6.45) is 0.659. The van der Waals surface area contributed by atoms with Gasteiger partial charge in [-0.05, 0) is 11.6 Å². The second kappa shape index (κ2) is 2.92. The Kier molecular flexibility index (Phi) is 1.88. The molecule has 2 rings (SSSR count). The van der Waals surface area contributed by atoms with Gasteiger partial charge in [-0.3, -0.25) is 0 Å². The number of amidine groups is 1. The first-order valence-corrected chi connectivity index (χ1v) is 4.28. The summed E-state index contributed by atoms with van der Waals surface area (Å²) in [5.74, 6) is 1.29. The van der Waals surface area contributed by atoms with Gasteiger partial charge in [0.15, 0.2) is 0 Å². The van der Waals surface area contributed by atoms with Crippen LogP contribution >= 0.6 is 11.6 Å². The zero-order valence-corrected chi connectivity index (χ0v) is 7.93. The number of aliphatic imine (C=N–C) groups is 1. The van der Waals surface area contributed by atoms with E-state index in [9.17, 15) is 0 Å². The van der Waals surface area contributed by atoms with Crippen LogP contribution in [0.25, 0.3) is 0 Å². The van der Waals surface area contributed by atoms with Gasteiger partial charge >= 0.3 is 0 Å². The third-order valence-electron chi connectivity index (χ3n) is 1.97. The quantitative estimate of drug-likeness (QED) is 0.746. The molecule has 1 aromatic rings. The van der Waals surface area contributed by atoms with Gasteiger partial charge in [0, 0.05) is 17.5 Å². The van der Waals surface area contributed by atoms with Crippen LogP contribution < -0.4 is 10.5 Å². The highest BCUT2D eigenvalue weighted by Gasteiger charge is 2.17. The third kappa shape index (κ3) is 1.35. The SMILES string of the molecule is COc1cc(Cl)cc2c1N=C(N)C2. The number of halogens is 1. The Bertz CT molecular complexity index is 387. The highest BCUT2D eigenvalue weighted by Crippen LogP contribution is 2.38. The van der Waals surface area contributed by atoms with Crippen LogP contribution in [0.2, 0.25) is 5.02 Å². The fourth-order valence-electron chi connectivity index (χ4n) is 1.42. The lowest BCUT2D eigenvalue weighted by Gasteiger charge is -2.04. The van der Waals surface area contributed by atoms with Crippen molar-refractivity contribution in [2.75, 3.05) is 7.11 Å². The number of nitrogens with zero attached hydrogens (tertiary/aromatic N) is 1. The molecule has 4 heteroatoms. The van der Waals surface area contributed by atoms with Crippen molar-refractivity contribution in [2.45, 2.75) is 6.42 Å². The van der Waals surface area contributed by atoms with Crippen molar-refractivity contribution in [2.24, 2.45) is 10.7 Å². The maximum atomic E-state index is 5.88. The summed E-state index contributed by atoms with van der Waals surface area (Å²) in [4.78, 5) is 4.17. The van der Waals surface area contributed by atoms with Crippen LogP contribution in [0.1, 0.15) is 5.56 Å². The molecule has 0 unspecified atom stereocenters. The van der Waals surface area contributed by atoms with E-state index in [1.165, 1.54) is 0 Å². The number of benzene rings is 1. The van der Waals surface area contributed by atoms with Crippen LogP contribution in [0.4, 0.5) is 5.69 Å². The van der Waals surface area contributed by atoms with E-state index in [4.69, 9.17) is 22.1 Å². The summed E-state index contributed by atoms with van der Waals surface area (Å²) in [5.41, 5.74) is 7.45. The summed E-state index contributed by atoms with van der Waals surface area (Å²) in [7, 11) is 1.59. The van der Waals surface area contributed by atoms with Crippen molar-refractivity contribution in [1.29, 1.82) is 0 Å². The lowest BCUT2D eigenvalue weighted by atomic mass is 10.1. The minimum absolute atomic E-state index is 0.607. The van der Waals surface area contributed by atoms with E-state index in [1.54, 1.807) is 13.2 Å². The molecule has 0 aromatic heterocycles. The van der Waals surface area contributed by atoms with E-state index in [2.05, 4.69) is 4.99 Å². The van der Waals surface area contributed by atoms with Crippen molar-refractivity contribution in [3.63, 3.8) is 0 Å². The molecule has 2 N–H and O–H groups in total. The smallest absolute Gasteiger partial charge is 0.146 e. The zero-order chi connectivity index (χ0) is 9.42. The van der Waals surface area contributed by atoms with Gasteiger partial charge in [-0.15, -0.1) is 0 Å². The summed E-state index contributed by atoms with van der Waals surface area (Å²) in [5, 5.41) is 0.653. The average molecular weight is 197 g/mol. The average Bonchev–Trinajstić information content (AvgIpc) is 2.43. The molecule has 0 spiro atoms. The molecule has 1 aliphatic heterocycles. The topological polar surface area (TPSA) is 47.6 Å². The van der Waals surface area contributed by atoms with E-state index < -0.39 is 0 Å². The van der Waals surface area contributed by atoms with Crippen molar-refractivity contribution >= 4 is 23.1 Å². The van der Waals surface area contributed by atoms with Gasteiger partial charge in [0.2, 0.25) is 0 Å². The van der Waals surface area contributed by atoms with Crippen molar-refractivity contribution in [1.82, 2.24) is 0 Å². The molecule has 1 heterocycles. The fraction of sp³-hybridized carbons (Fsp3) is 0.222. The standard InChI is InChI=1S/C9H9ClN2O/c1-13-7-4-6(10)2-5-3-8(11)12-9(5)7/h2,4H,3H2,1H3,(H2,11,12). The number of ether oxygens (including phenoxy) is 1. The summed E-state index contributed by atoms with van der Waals surface area (Å²) in [6.45, 7) is 0. The predicted octanol–water partition coefficient (Wildman–Crippen LogP) is 1.89. The van der Waals surface area contributed by atoms with E-state index in [0.29, 0.717) is 23.0 Å². The van der Waals surface area contributed by atoms with Crippen molar-refractivity contribution < 1.29 is 4.74 Å². The number of fused-ring (bicyclic) bond motifs is 1. The first-order chi connectivity index (χ1) is 6.20. The van der Waals surface area contributed by atoms with E-state index >= 15 is 0 Å². The van der Waals surface area contributed by atoms with Gasteiger partial charge in [0.05, 0.1) is 7.11 Å². The molecule has 0 saturated carbocycles. The number of hydrogen-bond donors (Lipinski definition) is 1. The first-order valence-electron chi connectivity index (χ1n) is 3.90. The van der Waals surface area contributed by atoms with Crippen LogP contribution in [0.3, 0.4) is 0 Å². The van der Waals surface area contributed by atoms with E-state index in [0.717, 1.165) is 11.3 Å². The lowest BCUT2D eigenvalue weighted by molar-refractivity contribution is 0.416. The van der Waals surface area contributed by atoms with Gasteiger partial charge in [-0.25, -0.2) is 4.99 Å². The minimum Gasteiger partial charge on any atom is -0.494 e. The molecular formula is C9H9ClN2O. The summed E-state index contributed by atoms with van der Waals surface area (Å²) in [6, 6.07) is 3.60. The number of rotatable bonds is 1. The van der Waals surface area contributed by atoms with Crippen LogP contribution in [0.5, 0.6) is 5.75 Å². The van der Waals surface area contributed by atoms with Crippen molar-refractivity contribution in [3.05, 3.63) is 22.7 Å². The monoisotopic (exact) mass is 196 g/mol. The molecule has 0 atom stereocenters. The first kappa shape index (κ1) is 8.38. The van der Waals surface area contributed by atoms with Gasteiger partial charge < -0.3 is 10.5 Å². The maximum absolute atomic E-state index is 5.88. The van der Waals surface area contributed by atoms with E-state index in [1.807, 2.05) is 6.07 Å². The maximum Gasteiger partial charge on any atom is 0.146 e. The Hall–Kier alpha value is -1.22. The number of methoxy groups -OCH3 is 1. The molecule has 3 nitrogen and oxygen atoms in total. The molecule has 68 valence electrons. The third-order valence-corrected chi connectivity index (χ3v) is 2.18. The molecule has 0 aliphatic carbocycles. The van der Waals surface area contributed by atoms with Gasteiger partial charge in [0.25, 0.3) is 0 Å². The molecule has 13 heavy (non-hydrogen) atoms. The molecule has 0 fully saturated rings.